The van der Waals surface area contributed by atoms with E-state index in [0.717, 1.165) is 4.57 Å². The number of azide groups is 1. The van der Waals surface area contributed by atoms with E-state index in [9.17, 15) is 33.4 Å². The first-order chi connectivity index (χ1) is 14.5. The van der Waals surface area contributed by atoms with Gasteiger partial charge in [0.15, 0.2) is 0 Å². The first kappa shape index (κ1) is 25.0. The minimum Gasteiger partial charge on any atom is -0.384 e. The Kier molecular flexibility index (Phi) is 6.21. The van der Waals surface area contributed by atoms with E-state index in [1.807, 2.05) is 0 Å². The van der Waals surface area contributed by atoms with Gasteiger partial charge in [0.25, 0.3) is 0 Å². The van der Waals surface area contributed by atoms with Crippen LogP contribution in [0.5, 0.6) is 0 Å². The van der Waals surface area contributed by atoms with Crippen LogP contribution in [-0.4, -0.2) is 58.1 Å². The molecule has 1 aliphatic carbocycles. The Balaban J connectivity index is 1.82. The van der Waals surface area contributed by atoms with Crippen LogP contribution in [-0.2, 0) is 31.6 Å². The third-order valence-electron chi connectivity index (χ3n) is 4.52. The van der Waals surface area contributed by atoms with Crippen LogP contribution in [0.4, 0.5) is 5.82 Å². The predicted octanol–water partition coefficient (Wildman–Crippen LogP) is -0.750. The lowest BCUT2D eigenvalue weighted by Crippen LogP contribution is -2.32. The third kappa shape index (κ3) is 4.81. The lowest BCUT2D eigenvalue weighted by atomic mass is 10.2. The Morgan fingerprint density at radius 3 is 2.53 bits per heavy atom. The number of hydrogen-bond donors (Lipinski definition) is 6. The summed E-state index contributed by atoms with van der Waals surface area (Å²) in [7, 11) is -17.0. The highest BCUT2D eigenvalue weighted by molar-refractivity contribution is 7.66. The van der Waals surface area contributed by atoms with Gasteiger partial charge >= 0.3 is 29.2 Å². The number of anilines is 1. The molecule has 2 fully saturated rings. The van der Waals surface area contributed by atoms with E-state index in [2.05, 4.69) is 28.2 Å². The van der Waals surface area contributed by atoms with Gasteiger partial charge in [0, 0.05) is 17.5 Å². The van der Waals surface area contributed by atoms with Gasteiger partial charge in [-0.25, -0.2) is 18.5 Å². The molecule has 0 radical (unpaired) electrons. The van der Waals surface area contributed by atoms with Gasteiger partial charge in [-0.05, 0) is 11.6 Å². The maximum absolute atomic E-state index is 12.1. The topological polar surface area (TPSA) is 299 Å². The van der Waals surface area contributed by atoms with E-state index >= 15 is 0 Å². The molecule has 1 saturated carbocycles. The van der Waals surface area contributed by atoms with Gasteiger partial charge in [0.1, 0.15) is 29.4 Å². The minimum absolute atomic E-state index is 0.0950. The zero-order valence-corrected chi connectivity index (χ0v) is 18.1. The van der Waals surface area contributed by atoms with Crippen LogP contribution < -0.4 is 11.4 Å². The first-order valence-electron chi connectivity index (χ1n) is 8.12. The van der Waals surface area contributed by atoms with Crippen molar-refractivity contribution in [3.8, 4) is 0 Å². The summed E-state index contributed by atoms with van der Waals surface area (Å²) >= 11 is 0. The zero-order chi connectivity index (χ0) is 24.2. The van der Waals surface area contributed by atoms with Gasteiger partial charge in [-0.3, -0.25) is 9.09 Å². The second-order valence-corrected chi connectivity index (χ2v) is 11.0. The molecule has 2 aliphatic rings. The lowest BCUT2D eigenvalue weighted by Gasteiger charge is -2.22. The Bertz CT molecular complexity index is 1180. The summed E-state index contributed by atoms with van der Waals surface area (Å²) in [5.41, 5.74) is 8.99. The van der Waals surface area contributed by atoms with Gasteiger partial charge in [-0.2, -0.15) is 13.6 Å². The smallest absolute Gasteiger partial charge is 0.384 e. The number of nitrogens with zero attached hydrogens (tertiary/aromatic N) is 5. The molecule has 1 saturated heterocycles. The number of nitrogen functional groups attached to an aromatic ring is 1. The van der Waals surface area contributed by atoms with Crippen molar-refractivity contribution < 1.29 is 56.3 Å². The molecule has 0 amide bonds. The van der Waals surface area contributed by atoms with Crippen molar-refractivity contribution in [1.82, 2.24) is 9.55 Å². The Hall–Kier alpha value is -1.68. The van der Waals surface area contributed by atoms with Crippen molar-refractivity contribution in [2.24, 2.45) is 5.11 Å². The molecule has 0 spiro atoms. The molecule has 1 aromatic rings. The summed E-state index contributed by atoms with van der Waals surface area (Å²) in [5.74, 6) is -0.0950. The maximum atomic E-state index is 12.1. The molecule has 19 nitrogen and oxygen atoms in total. The van der Waals surface area contributed by atoms with Crippen molar-refractivity contribution in [1.29, 1.82) is 0 Å². The largest absolute Gasteiger partial charge is 0.490 e. The molecule has 2 heterocycles. The molecule has 178 valence electrons. The molecule has 3 rings (SSSR count). The van der Waals surface area contributed by atoms with Gasteiger partial charge in [-0.1, -0.05) is 5.11 Å². The Morgan fingerprint density at radius 1 is 1.31 bits per heavy atom. The van der Waals surface area contributed by atoms with Crippen LogP contribution in [0.1, 0.15) is 12.6 Å². The molecular weight excluding hydrogens is 505 g/mol. The number of rotatable bonds is 9. The quantitative estimate of drug-likeness (QED) is 0.101. The number of nitrogens with two attached hydrogens (primary N) is 1. The van der Waals surface area contributed by atoms with Crippen molar-refractivity contribution in [2.75, 3.05) is 12.3 Å². The van der Waals surface area contributed by atoms with E-state index in [0.29, 0.717) is 0 Å². The van der Waals surface area contributed by atoms with Crippen LogP contribution in [0.2, 0.25) is 0 Å². The van der Waals surface area contributed by atoms with Crippen LogP contribution in [0.25, 0.3) is 10.4 Å². The molecule has 6 atom stereocenters. The second-order valence-electron chi connectivity index (χ2n) is 6.60. The fourth-order valence-electron chi connectivity index (χ4n) is 3.31. The standard InChI is InChI=1S/C10H15N6O13P3/c11-5-1-2-16(8(17)14-5)6-3-9(18)7(10(9,26-6)4-13-15-12)27-31(22,23)29-32(24,25)28-30(19,20)21/h1-2,6-7,18H,3-4H2,(H,22,23)(H,24,25)(H2,11,14,17)(H2,19,20,21)/t6-,7?,9-,10-/m1/s1. The fraction of sp³-hybridized carbons (Fsp3) is 0.600. The van der Waals surface area contributed by atoms with Gasteiger partial charge in [-0.15, -0.1) is 0 Å². The van der Waals surface area contributed by atoms with Crippen molar-refractivity contribution in [3.63, 3.8) is 0 Å². The van der Waals surface area contributed by atoms with Gasteiger partial charge in [0.2, 0.25) is 0 Å². The van der Waals surface area contributed by atoms with Crippen LogP contribution in [0.3, 0.4) is 0 Å². The molecular formula is C10H15N6O13P3. The highest BCUT2D eigenvalue weighted by Gasteiger charge is 2.85. The van der Waals surface area contributed by atoms with Crippen LogP contribution >= 0.6 is 23.5 Å². The first-order valence-corrected chi connectivity index (χ1v) is 12.6. The summed E-state index contributed by atoms with van der Waals surface area (Å²) in [6, 6.07) is 1.25. The molecule has 1 aromatic heterocycles. The fourth-order valence-corrected chi connectivity index (χ4v) is 6.58. The minimum atomic E-state index is -5.80. The number of hydrogen-bond acceptors (Lipinski definition) is 12. The average Bonchev–Trinajstić information content (AvgIpc) is 2.88. The molecule has 3 unspecified atom stereocenters. The summed E-state index contributed by atoms with van der Waals surface area (Å²) < 4.78 is 52.6. The monoisotopic (exact) mass is 520 g/mol. The number of fused-ring (bicyclic) bond motifs is 1. The highest BCUT2D eigenvalue weighted by atomic mass is 31.3. The van der Waals surface area contributed by atoms with E-state index in [1.165, 1.54) is 12.3 Å². The summed E-state index contributed by atoms with van der Waals surface area (Å²) in [4.78, 5) is 54.0. The maximum Gasteiger partial charge on any atom is 0.490 e. The lowest BCUT2D eigenvalue weighted by molar-refractivity contribution is -0.0623. The predicted molar refractivity (Wildman–Crippen MR) is 98.1 cm³/mol. The van der Waals surface area contributed by atoms with Crippen LogP contribution in [0.15, 0.2) is 22.2 Å². The van der Waals surface area contributed by atoms with E-state index in [1.54, 1.807) is 0 Å². The van der Waals surface area contributed by atoms with Crippen molar-refractivity contribution in [3.05, 3.63) is 33.2 Å². The average molecular weight is 520 g/mol. The Morgan fingerprint density at radius 2 is 1.97 bits per heavy atom. The molecule has 22 heteroatoms. The number of phosphoric ester groups is 1. The summed E-state index contributed by atoms with van der Waals surface area (Å²) in [6.07, 6.45) is -2.25. The molecule has 0 aromatic carbocycles. The summed E-state index contributed by atoms with van der Waals surface area (Å²) in [6.45, 7) is -0.673. The van der Waals surface area contributed by atoms with Gasteiger partial charge < -0.3 is 35.2 Å². The molecule has 7 N–H and O–H groups in total. The second kappa shape index (κ2) is 7.97. The van der Waals surface area contributed by atoms with E-state index < -0.39 is 65.7 Å². The third-order valence-corrected chi connectivity index (χ3v) is 8.33. The zero-order valence-electron chi connectivity index (χ0n) is 15.4. The van der Waals surface area contributed by atoms with E-state index in [4.69, 9.17) is 25.8 Å². The number of ether oxygens (including phenoxy) is 1. The normalized spacial score (nSPS) is 32.9. The van der Waals surface area contributed by atoms with Crippen molar-refractivity contribution >= 4 is 29.3 Å². The number of aromatic nitrogens is 2. The molecule has 32 heavy (non-hydrogen) atoms. The van der Waals surface area contributed by atoms with Crippen LogP contribution in [0, 0.1) is 0 Å². The number of aliphatic hydroxyl groups is 1. The molecule has 0 bridgehead atoms. The molecule has 1 aliphatic heterocycles. The Labute approximate surface area is 176 Å². The van der Waals surface area contributed by atoms with E-state index in [-0.39, 0.29) is 5.82 Å². The highest BCUT2D eigenvalue weighted by Crippen LogP contribution is 2.72. The summed E-state index contributed by atoms with van der Waals surface area (Å²) in [5, 5.41) is 14.1. The number of phosphoric acid groups is 3. The van der Waals surface area contributed by atoms with Gasteiger partial charge in [0.05, 0.1) is 6.54 Å². The SMILES string of the molecule is [N-]=[N+]=NC[C@]12O[C@@H](n3ccc(N)nc3=O)C[C@@]1(O)C2OP(=O)(O)OP(=O)(O)OP(=O)(O)O. The van der Waals surface area contributed by atoms with Crippen molar-refractivity contribution in [2.45, 2.75) is 30.0 Å².